The fraction of sp³-hybridized carbons (Fsp3) is 0.267. The van der Waals surface area contributed by atoms with E-state index in [9.17, 15) is 0 Å². The molecule has 4 heteroatoms. The average Bonchev–Trinajstić information content (AvgIpc) is 2.48. The van der Waals surface area contributed by atoms with Crippen molar-refractivity contribution in [2.45, 2.75) is 6.42 Å². The summed E-state index contributed by atoms with van der Waals surface area (Å²) < 4.78 is 10.4. The third-order valence-corrected chi connectivity index (χ3v) is 2.83. The molecule has 0 radical (unpaired) electrons. The summed E-state index contributed by atoms with van der Waals surface area (Å²) in [6.45, 7) is 0.792. The van der Waals surface area contributed by atoms with Crippen molar-refractivity contribution < 1.29 is 9.47 Å². The van der Waals surface area contributed by atoms with Gasteiger partial charge in [0.2, 0.25) is 5.88 Å². The third-order valence-electron chi connectivity index (χ3n) is 2.83. The van der Waals surface area contributed by atoms with Crippen LogP contribution in [0.2, 0.25) is 0 Å². The van der Waals surface area contributed by atoms with Gasteiger partial charge in [0, 0.05) is 12.6 Å². The molecule has 1 aromatic heterocycles. The van der Waals surface area contributed by atoms with E-state index in [1.165, 1.54) is 5.56 Å². The molecule has 100 valence electrons. The van der Waals surface area contributed by atoms with Gasteiger partial charge in [-0.25, -0.2) is 0 Å². The first-order chi connectivity index (χ1) is 9.33. The summed E-state index contributed by atoms with van der Waals surface area (Å²) in [4.78, 5) is 4.30. The number of ether oxygens (including phenoxy) is 2. The lowest BCUT2D eigenvalue weighted by Gasteiger charge is -2.09. The fourth-order valence-electron chi connectivity index (χ4n) is 1.86. The molecule has 2 aromatic rings. The smallest absolute Gasteiger partial charge is 0.214 e. The van der Waals surface area contributed by atoms with E-state index in [1.54, 1.807) is 14.2 Å². The average molecular weight is 258 g/mol. The van der Waals surface area contributed by atoms with Crippen LogP contribution in [-0.2, 0) is 6.42 Å². The molecule has 0 amide bonds. The van der Waals surface area contributed by atoms with E-state index >= 15 is 0 Å². The number of nitrogens with one attached hydrogen (secondary N) is 1. The van der Waals surface area contributed by atoms with Crippen molar-refractivity contribution in [1.29, 1.82) is 0 Å². The molecule has 1 N–H and O–H groups in total. The highest BCUT2D eigenvalue weighted by atomic mass is 16.5. The molecule has 0 saturated carbocycles. The molecule has 4 nitrogen and oxygen atoms in total. The highest BCUT2D eigenvalue weighted by Crippen LogP contribution is 2.18. The lowest BCUT2D eigenvalue weighted by atomic mass is 10.1. The normalized spacial score (nSPS) is 10.0. The molecule has 0 fully saturated rings. The minimum Gasteiger partial charge on any atom is -0.496 e. The van der Waals surface area contributed by atoms with E-state index < -0.39 is 0 Å². The molecular formula is C15H18N2O2. The van der Waals surface area contributed by atoms with Crippen molar-refractivity contribution >= 4 is 5.82 Å². The van der Waals surface area contributed by atoms with Crippen molar-refractivity contribution in [2.75, 3.05) is 26.1 Å². The lowest BCUT2D eigenvalue weighted by molar-refractivity contribution is 0.398. The minimum atomic E-state index is 0.613. The van der Waals surface area contributed by atoms with Gasteiger partial charge in [-0.15, -0.1) is 0 Å². The van der Waals surface area contributed by atoms with Gasteiger partial charge in [-0.2, -0.15) is 4.98 Å². The maximum absolute atomic E-state index is 5.32. The molecular weight excluding hydrogens is 240 g/mol. The van der Waals surface area contributed by atoms with Gasteiger partial charge in [0.15, 0.2) is 0 Å². The molecule has 1 aromatic carbocycles. The predicted octanol–water partition coefficient (Wildman–Crippen LogP) is 2.75. The first-order valence-corrected chi connectivity index (χ1v) is 6.20. The highest BCUT2D eigenvalue weighted by Gasteiger charge is 2.02. The quantitative estimate of drug-likeness (QED) is 0.865. The van der Waals surface area contributed by atoms with Crippen LogP contribution in [0, 0.1) is 0 Å². The molecule has 0 unspecified atom stereocenters. The van der Waals surface area contributed by atoms with Gasteiger partial charge in [0.25, 0.3) is 0 Å². The molecule has 0 atom stereocenters. The number of benzene rings is 1. The maximum atomic E-state index is 5.32. The van der Waals surface area contributed by atoms with Crippen LogP contribution in [0.1, 0.15) is 5.56 Å². The number of methoxy groups -OCH3 is 2. The van der Waals surface area contributed by atoms with Gasteiger partial charge in [0.1, 0.15) is 11.6 Å². The predicted molar refractivity (Wildman–Crippen MR) is 76.0 cm³/mol. The first-order valence-electron chi connectivity index (χ1n) is 6.20. The van der Waals surface area contributed by atoms with Gasteiger partial charge in [-0.3, -0.25) is 0 Å². The zero-order valence-corrected chi connectivity index (χ0v) is 11.2. The van der Waals surface area contributed by atoms with Crippen molar-refractivity contribution in [1.82, 2.24) is 4.98 Å². The fourth-order valence-corrected chi connectivity index (χ4v) is 1.86. The van der Waals surface area contributed by atoms with Crippen molar-refractivity contribution in [3.8, 4) is 11.6 Å². The Bertz CT molecular complexity index is 529. The number of anilines is 1. The third kappa shape index (κ3) is 3.61. The molecule has 0 aliphatic rings. The van der Waals surface area contributed by atoms with E-state index in [1.807, 2.05) is 36.4 Å². The van der Waals surface area contributed by atoms with Gasteiger partial charge >= 0.3 is 0 Å². The summed E-state index contributed by atoms with van der Waals surface area (Å²) in [5.41, 5.74) is 1.18. The second-order valence-corrected chi connectivity index (χ2v) is 4.05. The van der Waals surface area contributed by atoms with E-state index in [2.05, 4.69) is 16.4 Å². The van der Waals surface area contributed by atoms with E-state index in [-0.39, 0.29) is 0 Å². The van der Waals surface area contributed by atoms with Gasteiger partial charge in [0.05, 0.1) is 14.2 Å². The van der Waals surface area contributed by atoms with Crippen LogP contribution in [-0.4, -0.2) is 25.7 Å². The molecule has 0 spiro atoms. The highest BCUT2D eigenvalue weighted by molar-refractivity contribution is 5.38. The summed E-state index contributed by atoms with van der Waals surface area (Å²) in [6.07, 6.45) is 0.878. The Kier molecular flexibility index (Phi) is 4.61. The summed E-state index contributed by atoms with van der Waals surface area (Å²) in [7, 11) is 3.30. The van der Waals surface area contributed by atoms with Crippen LogP contribution < -0.4 is 14.8 Å². The number of hydrogen-bond acceptors (Lipinski definition) is 4. The number of para-hydroxylation sites is 1. The van der Waals surface area contributed by atoms with Crippen molar-refractivity contribution in [3.63, 3.8) is 0 Å². The SMILES string of the molecule is COc1cccc(NCCc2ccccc2OC)n1. The molecule has 1 heterocycles. The van der Waals surface area contributed by atoms with Gasteiger partial charge in [-0.1, -0.05) is 24.3 Å². The molecule has 0 saturated heterocycles. The lowest BCUT2D eigenvalue weighted by Crippen LogP contribution is -2.07. The Hall–Kier alpha value is -2.23. The second-order valence-electron chi connectivity index (χ2n) is 4.05. The Morgan fingerprint density at radius 2 is 1.84 bits per heavy atom. The van der Waals surface area contributed by atoms with E-state index in [0.717, 1.165) is 24.5 Å². The first kappa shape index (κ1) is 13.2. The number of nitrogens with zero attached hydrogens (tertiary/aromatic N) is 1. The van der Waals surface area contributed by atoms with E-state index in [0.29, 0.717) is 5.88 Å². The van der Waals surface area contributed by atoms with Crippen molar-refractivity contribution in [2.24, 2.45) is 0 Å². The summed E-state index contributed by atoms with van der Waals surface area (Å²) >= 11 is 0. The molecule has 19 heavy (non-hydrogen) atoms. The maximum Gasteiger partial charge on any atom is 0.214 e. The van der Waals surface area contributed by atoms with Gasteiger partial charge in [-0.05, 0) is 24.1 Å². The number of pyridine rings is 1. The largest absolute Gasteiger partial charge is 0.496 e. The van der Waals surface area contributed by atoms with Crippen LogP contribution in [0.5, 0.6) is 11.6 Å². The van der Waals surface area contributed by atoms with Crippen LogP contribution in [0.15, 0.2) is 42.5 Å². The van der Waals surface area contributed by atoms with E-state index in [4.69, 9.17) is 9.47 Å². The summed E-state index contributed by atoms with van der Waals surface area (Å²) in [5.74, 6) is 2.35. The Balaban J connectivity index is 1.92. The molecule has 0 aliphatic carbocycles. The van der Waals surface area contributed by atoms with Crippen LogP contribution in [0.3, 0.4) is 0 Å². The second kappa shape index (κ2) is 6.64. The Labute approximate surface area is 113 Å². The van der Waals surface area contributed by atoms with Crippen LogP contribution >= 0.6 is 0 Å². The Morgan fingerprint density at radius 1 is 1.00 bits per heavy atom. The van der Waals surface area contributed by atoms with Crippen LogP contribution in [0.4, 0.5) is 5.82 Å². The van der Waals surface area contributed by atoms with Gasteiger partial charge < -0.3 is 14.8 Å². The molecule has 0 aliphatic heterocycles. The van der Waals surface area contributed by atoms with Crippen LogP contribution in [0.25, 0.3) is 0 Å². The monoisotopic (exact) mass is 258 g/mol. The number of aromatic nitrogens is 1. The Morgan fingerprint density at radius 3 is 2.63 bits per heavy atom. The zero-order chi connectivity index (χ0) is 13.5. The summed E-state index contributed by atoms with van der Waals surface area (Å²) in [6, 6.07) is 13.7. The molecule has 2 rings (SSSR count). The molecule has 0 bridgehead atoms. The number of rotatable bonds is 6. The number of hydrogen-bond donors (Lipinski definition) is 1. The van der Waals surface area contributed by atoms with Crippen molar-refractivity contribution in [3.05, 3.63) is 48.0 Å². The summed E-state index contributed by atoms with van der Waals surface area (Å²) in [5, 5.41) is 3.27. The zero-order valence-electron chi connectivity index (χ0n) is 11.2. The minimum absolute atomic E-state index is 0.613. The topological polar surface area (TPSA) is 43.4 Å². The standard InChI is InChI=1S/C15H18N2O2/c1-18-13-7-4-3-6-12(13)10-11-16-14-8-5-9-15(17-14)19-2/h3-9H,10-11H2,1-2H3,(H,16,17).